The number of esters is 4. The third kappa shape index (κ3) is 53.2. The van der Waals surface area contributed by atoms with Crippen LogP contribution in [0.3, 0.4) is 0 Å². The van der Waals surface area contributed by atoms with Crippen molar-refractivity contribution >= 4 is 39.5 Å². The van der Waals surface area contributed by atoms with E-state index in [1.807, 2.05) is 0 Å². The first-order chi connectivity index (χ1) is 36.9. The summed E-state index contributed by atoms with van der Waals surface area (Å²) in [5.74, 6) is -0.749. The molecule has 0 aromatic heterocycles. The molecule has 0 aliphatic rings. The van der Waals surface area contributed by atoms with Crippen LogP contribution in [0.5, 0.6) is 0 Å². The highest BCUT2D eigenvalue weighted by Gasteiger charge is 2.30. The molecule has 0 rings (SSSR count). The summed E-state index contributed by atoms with van der Waals surface area (Å²) in [5.41, 5.74) is 0. The second-order valence-corrected chi connectivity index (χ2v) is 24.9. The average Bonchev–Trinajstić information content (AvgIpc) is 3.38. The van der Waals surface area contributed by atoms with Gasteiger partial charge in [-0.15, -0.1) is 0 Å². The van der Waals surface area contributed by atoms with E-state index in [0.717, 1.165) is 109 Å². The van der Waals surface area contributed by atoms with Gasteiger partial charge in [-0.2, -0.15) is 0 Å². The van der Waals surface area contributed by atoms with E-state index >= 15 is 0 Å². The highest BCUT2D eigenvalue weighted by atomic mass is 31.2. The van der Waals surface area contributed by atoms with Gasteiger partial charge < -0.3 is 33.8 Å². The largest absolute Gasteiger partial charge is 0.472 e. The number of phosphoric ester groups is 2. The fourth-order valence-corrected chi connectivity index (χ4v) is 10.0. The van der Waals surface area contributed by atoms with Gasteiger partial charge in [0, 0.05) is 25.7 Å². The van der Waals surface area contributed by atoms with E-state index in [0.29, 0.717) is 37.5 Å². The van der Waals surface area contributed by atoms with Gasteiger partial charge in [-0.05, 0) is 37.5 Å². The maximum atomic E-state index is 12.9. The number of aliphatic hydroxyl groups is 1. The molecule has 0 radical (unpaired) electrons. The predicted molar refractivity (Wildman–Crippen MR) is 303 cm³/mol. The Bertz CT molecular complexity index is 1530. The van der Waals surface area contributed by atoms with Crippen LogP contribution < -0.4 is 0 Å². The lowest BCUT2D eigenvalue weighted by Gasteiger charge is -2.21. The first kappa shape index (κ1) is 75.1. The second kappa shape index (κ2) is 51.0. The minimum Gasteiger partial charge on any atom is -0.462 e. The fraction of sp³-hybridized carbons (Fsp3) is 0.931. The van der Waals surface area contributed by atoms with Gasteiger partial charge in [0.1, 0.15) is 19.3 Å². The number of carbonyl (C=O) groups excluding carboxylic acids is 4. The number of ether oxygens (including phenoxy) is 4. The molecule has 0 aliphatic heterocycles. The summed E-state index contributed by atoms with van der Waals surface area (Å²) < 4.78 is 67.6. The molecule has 0 aromatic rings. The van der Waals surface area contributed by atoms with Crippen LogP contribution in [0.15, 0.2) is 0 Å². The zero-order chi connectivity index (χ0) is 57.3. The number of carbonyl (C=O) groups is 4. The van der Waals surface area contributed by atoms with Gasteiger partial charge in [-0.3, -0.25) is 37.3 Å². The maximum absolute atomic E-state index is 12.9. The van der Waals surface area contributed by atoms with Crippen LogP contribution in [0.1, 0.15) is 279 Å². The normalized spacial score (nSPS) is 14.5. The molecule has 0 amide bonds. The van der Waals surface area contributed by atoms with Crippen LogP contribution >= 0.6 is 15.6 Å². The average molecular weight is 1140 g/mol. The summed E-state index contributed by atoms with van der Waals surface area (Å²) in [6, 6.07) is 0. The second-order valence-electron chi connectivity index (χ2n) is 22.0. The van der Waals surface area contributed by atoms with Gasteiger partial charge in [0.25, 0.3) is 0 Å². The minimum absolute atomic E-state index is 0.102. The van der Waals surface area contributed by atoms with E-state index in [-0.39, 0.29) is 25.7 Å². The molecule has 3 N–H and O–H groups in total. The van der Waals surface area contributed by atoms with E-state index in [2.05, 4.69) is 41.5 Å². The Balaban J connectivity index is 5.22. The van der Waals surface area contributed by atoms with Crippen LogP contribution in [0.25, 0.3) is 0 Å². The first-order valence-corrected chi connectivity index (χ1v) is 33.5. The van der Waals surface area contributed by atoms with Gasteiger partial charge in [0.05, 0.1) is 26.4 Å². The Hall–Kier alpha value is -1.94. The quantitative estimate of drug-likeness (QED) is 0.0222. The third-order valence-electron chi connectivity index (χ3n) is 13.2. The molecule has 0 spiro atoms. The monoisotopic (exact) mass is 1140 g/mol. The minimum atomic E-state index is -4.94. The zero-order valence-corrected chi connectivity index (χ0v) is 51.0. The van der Waals surface area contributed by atoms with Crippen LogP contribution in [0.2, 0.25) is 0 Å². The van der Waals surface area contributed by atoms with Crippen molar-refractivity contribution in [2.24, 2.45) is 11.8 Å². The van der Waals surface area contributed by atoms with E-state index in [1.54, 1.807) is 0 Å². The standard InChI is InChI=1S/C58H112O17P2/c1-7-9-11-13-15-16-17-23-30-36-42-57(62)74-53(46-68-55(60)40-34-28-20-14-12-10-8-2)48-72-76(64,65)70-44-52(59)45-71-77(66,67)73-49-54(75-58(63)43-37-31-25-19-22-27-33-39-51(5)6)47-69-56(61)41-35-29-24-18-21-26-32-38-50(3)4/h50-54,59H,7-49H2,1-6H3,(H,64,65)(H,66,67)/t52-,53+,54+/m0/s1. The number of aliphatic hydroxyl groups excluding tert-OH is 1. The third-order valence-corrected chi connectivity index (χ3v) is 15.1. The lowest BCUT2D eigenvalue weighted by molar-refractivity contribution is -0.161. The van der Waals surface area contributed by atoms with Crippen molar-refractivity contribution in [2.75, 3.05) is 39.6 Å². The summed E-state index contributed by atoms with van der Waals surface area (Å²) >= 11 is 0. The molecule has 17 nitrogen and oxygen atoms in total. The van der Waals surface area contributed by atoms with E-state index in [4.69, 9.17) is 37.0 Å². The lowest BCUT2D eigenvalue weighted by atomic mass is 10.0. The van der Waals surface area contributed by atoms with Gasteiger partial charge in [-0.1, -0.05) is 228 Å². The molecule has 2 unspecified atom stereocenters. The van der Waals surface area contributed by atoms with Crippen molar-refractivity contribution in [3.05, 3.63) is 0 Å². The summed E-state index contributed by atoms with van der Waals surface area (Å²) in [5, 5.41) is 10.5. The summed E-state index contributed by atoms with van der Waals surface area (Å²) in [4.78, 5) is 71.7. The van der Waals surface area contributed by atoms with Gasteiger partial charge in [0.15, 0.2) is 12.2 Å². The number of hydrogen-bond acceptors (Lipinski definition) is 15. The van der Waals surface area contributed by atoms with Crippen molar-refractivity contribution in [1.29, 1.82) is 0 Å². The van der Waals surface area contributed by atoms with Crippen molar-refractivity contribution in [1.82, 2.24) is 0 Å². The SMILES string of the molecule is CCCCCCCCCCCCC(=O)O[C@H](COC(=O)CCCCCCCCC)COP(=O)(O)OC[C@H](O)COP(=O)(O)OC[C@@H](COC(=O)CCCCCCCCCC(C)C)OC(=O)CCCCCCCCCC(C)C. The predicted octanol–water partition coefficient (Wildman–Crippen LogP) is 15.3. The maximum Gasteiger partial charge on any atom is 0.472 e. The molecule has 5 atom stereocenters. The fourth-order valence-electron chi connectivity index (χ4n) is 8.47. The van der Waals surface area contributed by atoms with E-state index in [9.17, 15) is 43.2 Å². The zero-order valence-electron chi connectivity index (χ0n) is 49.2. The molecule has 0 aromatic carbocycles. The number of unbranched alkanes of at least 4 members (excludes halogenated alkanes) is 27. The Kier molecular flexibility index (Phi) is 49.7. The Morgan fingerprint density at radius 2 is 0.597 bits per heavy atom. The Morgan fingerprint density at radius 3 is 0.883 bits per heavy atom. The van der Waals surface area contributed by atoms with Gasteiger partial charge in [-0.25, -0.2) is 9.13 Å². The number of hydrogen-bond donors (Lipinski definition) is 3. The molecule has 0 saturated heterocycles. The molecule has 0 heterocycles. The topological polar surface area (TPSA) is 237 Å². The van der Waals surface area contributed by atoms with E-state index < -0.39 is 97.5 Å². The van der Waals surface area contributed by atoms with Crippen molar-refractivity contribution in [2.45, 2.75) is 297 Å². The Labute approximate surface area is 467 Å². The molecule has 456 valence electrons. The van der Waals surface area contributed by atoms with Crippen LogP contribution in [-0.4, -0.2) is 96.7 Å². The highest BCUT2D eigenvalue weighted by molar-refractivity contribution is 7.47. The highest BCUT2D eigenvalue weighted by Crippen LogP contribution is 2.45. The van der Waals surface area contributed by atoms with Crippen molar-refractivity contribution in [3.8, 4) is 0 Å². The number of phosphoric acid groups is 2. The smallest absolute Gasteiger partial charge is 0.462 e. The van der Waals surface area contributed by atoms with Gasteiger partial charge in [0.2, 0.25) is 0 Å². The summed E-state index contributed by atoms with van der Waals surface area (Å²) in [6.45, 7) is 9.27. The van der Waals surface area contributed by atoms with Crippen LogP contribution in [-0.2, 0) is 65.4 Å². The van der Waals surface area contributed by atoms with Crippen molar-refractivity contribution in [3.63, 3.8) is 0 Å². The summed E-state index contributed by atoms with van der Waals surface area (Å²) in [6.07, 6.45) is 31.0. The molecular weight excluding hydrogens is 1030 g/mol. The summed E-state index contributed by atoms with van der Waals surface area (Å²) in [7, 11) is -9.87. The molecule has 19 heteroatoms. The van der Waals surface area contributed by atoms with Crippen LogP contribution in [0.4, 0.5) is 0 Å². The molecule has 0 fully saturated rings. The van der Waals surface area contributed by atoms with E-state index in [1.165, 1.54) is 77.0 Å². The number of rotatable bonds is 57. The molecule has 77 heavy (non-hydrogen) atoms. The molecular formula is C58H112O17P2. The molecule has 0 aliphatic carbocycles. The molecule has 0 saturated carbocycles. The van der Waals surface area contributed by atoms with Gasteiger partial charge >= 0.3 is 39.5 Å². The molecule has 0 bridgehead atoms. The Morgan fingerprint density at radius 1 is 0.351 bits per heavy atom. The first-order valence-electron chi connectivity index (χ1n) is 30.5. The van der Waals surface area contributed by atoms with Crippen molar-refractivity contribution < 1.29 is 80.2 Å². The lowest BCUT2D eigenvalue weighted by Crippen LogP contribution is -2.30. The van der Waals surface area contributed by atoms with Crippen LogP contribution in [0, 0.1) is 11.8 Å².